The number of ketones is 1. The van der Waals surface area contributed by atoms with Crippen LogP contribution in [-0.2, 0) is 0 Å². The second-order valence-electron chi connectivity index (χ2n) is 5.83. The molecule has 0 radical (unpaired) electrons. The molecule has 0 aliphatic carbocycles. The summed E-state index contributed by atoms with van der Waals surface area (Å²) in [6, 6.07) is 20.7. The summed E-state index contributed by atoms with van der Waals surface area (Å²) < 4.78 is 0. The molecule has 0 atom stereocenters. The van der Waals surface area contributed by atoms with E-state index < -0.39 is 6.03 Å². The zero-order chi connectivity index (χ0) is 18.5. The van der Waals surface area contributed by atoms with Gasteiger partial charge in [0, 0.05) is 21.8 Å². The predicted octanol–water partition coefficient (Wildman–Crippen LogP) is 5.52. The zero-order valence-electron chi connectivity index (χ0n) is 14.1. The standard InChI is InChI=1S/C21H17ClN2O2/c1-14-7-10-17(11-8-14)23-21(26)24-19-12-9-16(22)13-18(19)20(25)15-5-3-2-4-6-15/h2-13H,1H3,(H2,23,24,26). The number of halogens is 1. The number of carbonyl (C=O) groups excluding carboxylic acids is 2. The summed E-state index contributed by atoms with van der Waals surface area (Å²) in [7, 11) is 0. The van der Waals surface area contributed by atoms with E-state index in [1.54, 1.807) is 42.5 Å². The summed E-state index contributed by atoms with van der Waals surface area (Å²) in [6.45, 7) is 1.97. The maximum atomic E-state index is 12.8. The molecule has 3 rings (SSSR count). The van der Waals surface area contributed by atoms with Crippen molar-refractivity contribution in [3.05, 3.63) is 94.5 Å². The Balaban J connectivity index is 1.82. The second-order valence-corrected chi connectivity index (χ2v) is 6.27. The Kier molecular flexibility index (Phi) is 5.34. The van der Waals surface area contributed by atoms with Gasteiger partial charge in [-0.2, -0.15) is 0 Å². The van der Waals surface area contributed by atoms with Gasteiger partial charge in [-0.15, -0.1) is 0 Å². The van der Waals surface area contributed by atoms with E-state index in [0.717, 1.165) is 5.56 Å². The summed E-state index contributed by atoms with van der Waals surface area (Å²) in [4.78, 5) is 25.1. The van der Waals surface area contributed by atoms with Crippen LogP contribution in [-0.4, -0.2) is 11.8 Å². The van der Waals surface area contributed by atoms with E-state index in [4.69, 9.17) is 11.6 Å². The van der Waals surface area contributed by atoms with Crippen molar-refractivity contribution >= 4 is 34.8 Å². The lowest BCUT2D eigenvalue weighted by Gasteiger charge is -2.12. The molecule has 0 spiro atoms. The predicted molar refractivity (Wildman–Crippen MR) is 105 cm³/mol. The molecule has 0 saturated heterocycles. The molecular formula is C21H17ClN2O2. The van der Waals surface area contributed by atoms with E-state index in [2.05, 4.69) is 10.6 Å². The van der Waals surface area contributed by atoms with Crippen molar-refractivity contribution in [2.75, 3.05) is 10.6 Å². The van der Waals surface area contributed by atoms with Crippen LogP contribution in [0.5, 0.6) is 0 Å². The van der Waals surface area contributed by atoms with E-state index in [-0.39, 0.29) is 5.78 Å². The number of aryl methyl sites for hydroxylation is 1. The van der Waals surface area contributed by atoms with Crippen LogP contribution in [0, 0.1) is 6.92 Å². The lowest BCUT2D eigenvalue weighted by Crippen LogP contribution is -2.21. The van der Waals surface area contributed by atoms with Gasteiger partial charge in [-0.3, -0.25) is 4.79 Å². The molecule has 0 aromatic heterocycles. The monoisotopic (exact) mass is 364 g/mol. The van der Waals surface area contributed by atoms with Crippen molar-refractivity contribution in [1.29, 1.82) is 0 Å². The van der Waals surface area contributed by atoms with E-state index >= 15 is 0 Å². The van der Waals surface area contributed by atoms with Crippen LogP contribution in [0.3, 0.4) is 0 Å². The first-order chi connectivity index (χ1) is 12.5. The van der Waals surface area contributed by atoms with Crippen molar-refractivity contribution in [3.63, 3.8) is 0 Å². The molecular weight excluding hydrogens is 348 g/mol. The highest BCUT2D eigenvalue weighted by Gasteiger charge is 2.16. The van der Waals surface area contributed by atoms with Gasteiger partial charge in [0.25, 0.3) is 0 Å². The number of hydrogen-bond donors (Lipinski definition) is 2. The number of carbonyl (C=O) groups is 2. The normalized spacial score (nSPS) is 10.2. The number of anilines is 2. The number of rotatable bonds is 4. The van der Waals surface area contributed by atoms with E-state index in [1.165, 1.54) is 0 Å². The summed E-state index contributed by atoms with van der Waals surface area (Å²) in [5.74, 6) is -0.210. The second kappa shape index (κ2) is 7.85. The molecule has 3 aromatic carbocycles. The lowest BCUT2D eigenvalue weighted by molar-refractivity contribution is 0.103. The summed E-state index contributed by atoms with van der Waals surface area (Å²) in [5, 5.41) is 5.89. The SMILES string of the molecule is Cc1ccc(NC(=O)Nc2ccc(Cl)cc2C(=O)c2ccccc2)cc1. The molecule has 0 aliphatic rings. The number of nitrogens with one attached hydrogen (secondary N) is 2. The smallest absolute Gasteiger partial charge is 0.308 e. The largest absolute Gasteiger partial charge is 0.323 e. The third-order valence-electron chi connectivity index (χ3n) is 3.82. The van der Waals surface area contributed by atoms with Gasteiger partial charge in [0.1, 0.15) is 0 Å². The highest BCUT2D eigenvalue weighted by atomic mass is 35.5. The van der Waals surface area contributed by atoms with E-state index in [9.17, 15) is 9.59 Å². The van der Waals surface area contributed by atoms with Gasteiger partial charge in [-0.1, -0.05) is 59.6 Å². The molecule has 0 fully saturated rings. The van der Waals surface area contributed by atoms with Gasteiger partial charge in [-0.05, 0) is 37.3 Å². The minimum absolute atomic E-state index is 0.210. The van der Waals surface area contributed by atoms with Crippen molar-refractivity contribution in [2.45, 2.75) is 6.92 Å². The van der Waals surface area contributed by atoms with Crippen molar-refractivity contribution in [2.24, 2.45) is 0 Å². The van der Waals surface area contributed by atoms with Gasteiger partial charge >= 0.3 is 6.03 Å². The maximum Gasteiger partial charge on any atom is 0.323 e. The Hall–Kier alpha value is -3.11. The molecule has 0 saturated carbocycles. The topological polar surface area (TPSA) is 58.2 Å². The van der Waals surface area contributed by atoms with Gasteiger partial charge < -0.3 is 10.6 Å². The highest BCUT2D eigenvalue weighted by Crippen LogP contribution is 2.24. The van der Waals surface area contributed by atoms with Gasteiger partial charge in [0.2, 0.25) is 0 Å². The lowest BCUT2D eigenvalue weighted by atomic mass is 10.0. The fourth-order valence-corrected chi connectivity index (χ4v) is 2.65. The number of amides is 2. The molecule has 2 amide bonds. The summed E-state index contributed by atoms with van der Waals surface area (Å²) >= 11 is 6.05. The van der Waals surface area contributed by atoms with Crippen LogP contribution in [0.1, 0.15) is 21.5 Å². The molecule has 26 heavy (non-hydrogen) atoms. The first kappa shape index (κ1) is 17.7. The van der Waals surface area contributed by atoms with Gasteiger partial charge in [0.15, 0.2) is 5.78 Å². The average molecular weight is 365 g/mol. The van der Waals surface area contributed by atoms with Crippen LogP contribution in [0.25, 0.3) is 0 Å². The number of urea groups is 1. The van der Waals surface area contributed by atoms with Crippen LogP contribution in [0.2, 0.25) is 5.02 Å². The first-order valence-corrected chi connectivity index (χ1v) is 8.45. The zero-order valence-corrected chi connectivity index (χ0v) is 14.9. The molecule has 0 aliphatic heterocycles. The average Bonchev–Trinajstić information content (AvgIpc) is 2.65. The number of benzene rings is 3. The van der Waals surface area contributed by atoms with E-state index in [1.807, 2.05) is 37.3 Å². The third-order valence-corrected chi connectivity index (χ3v) is 4.05. The molecule has 0 heterocycles. The minimum Gasteiger partial charge on any atom is -0.308 e. The van der Waals surface area contributed by atoms with Gasteiger partial charge in [0.05, 0.1) is 5.69 Å². The summed E-state index contributed by atoms with van der Waals surface area (Å²) in [6.07, 6.45) is 0. The molecule has 3 aromatic rings. The summed E-state index contributed by atoms with van der Waals surface area (Å²) in [5.41, 5.74) is 3.02. The van der Waals surface area contributed by atoms with E-state index in [0.29, 0.717) is 27.5 Å². The molecule has 130 valence electrons. The quantitative estimate of drug-likeness (QED) is 0.598. The maximum absolute atomic E-state index is 12.8. The fraction of sp³-hybridized carbons (Fsp3) is 0.0476. The van der Waals surface area contributed by atoms with Crippen molar-refractivity contribution < 1.29 is 9.59 Å². The Morgan fingerprint density at radius 3 is 2.23 bits per heavy atom. The van der Waals surface area contributed by atoms with Crippen LogP contribution in [0.15, 0.2) is 72.8 Å². The Labute approximate surface area is 156 Å². The van der Waals surface area contributed by atoms with Crippen LogP contribution < -0.4 is 10.6 Å². The number of hydrogen-bond acceptors (Lipinski definition) is 2. The Morgan fingerprint density at radius 2 is 1.54 bits per heavy atom. The first-order valence-electron chi connectivity index (χ1n) is 8.07. The van der Waals surface area contributed by atoms with Crippen LogP contribution in [0.4, 0.5) is 16.2 Å². The molecule has 0 bridgehead atoms. The minimum atomic E-state index is -0.432. The van der Waals surface area contributed by atoms with Crippen molar-refractivity contribution in [3.8, 4) is 0 Å². The molecule has 0 unspecified atom stereocenters. The Bertz CT molecular complexity index is 938. The highest BCUT2D eigenvalue weighted by molar-refractivity contribution is 6.31. The van der Waals surface area contributed by atoms with Gasteiger partial charge in [-0.25, -0.2) is 4.79 Å². The molecule has 5 heteroatoms. The van der Waals surface area contributed by atoms with Crippen LogP contribution >= 0.6 is 11.6 Å². The fourth-order valence-electron chi connectivity index (χ4n) is 2.48. The Morgan fingerprint density at radius 1 is 0.846 bits per heavy atom. The van der Waals surface area contributed by atoms with Crippen molar-refractivity contribution in [1.82, 2.24) is 0 Å². The molecule has 4 nitrogen and oxygen atoms in total. The third kappa shape index (κ3) is 4.29. The molecule has 2 N–H and O–H groups in total.